The molecule has 31 heavy (non-hydrogen) atoms. The Balaban J connectivity index is 0.00000341. The summed E-state index contributed by atoms with van der Waals surface area (Å²) in [6.45, 7) is 1.11. The van der Waals surface area contributed by atoms with Gasteiger partial charge in [-0.2, -0.15) is 15.5 Å². The van der Waals surface area contributed by atoms with Crippen molar-refractivity contribution in [1.82, 2.24) is 35.2 Å². The van der Waals surface area contributed by atoms with Crippen molar-refractivity contribution in [1.29, 1.82) is 5.26 Å². The number of aryl methyl sites for hydroxylation is 2. The third kappa shape index (κ3) is 5.91. The third-order valence-electron chi connectivity index (χ3n) is 4.50. The first-order valence-electron chi connectivity index (χ1n) is 9.34. The minimum absolute atomic E-state index is 0. The first kappa shape index (κ1) is 24.1. The van der Waals surface area contributed by atoms with E-state index in [1.165, 1.54) is 23.1 Å². The van der Waals surface area contributed by atoms with Crippen LogP contribution in [0, 0.1) is 17.1 Å². The Labute approximate surface area is 196 Å². The Hall–Kier alpha value is -3.21. The summed E-state index contributed by atoms with van der Waals surface area (Å²) in [6, 6.07) is 7.90. The maximum absolute atomic E-state index is 13.2. The van der Waals surface area contributed by atoms with Crippen LogP contribution in [-0.2, 0) is 20.0 Å². The van der Waals surface area contributed by atoms with Crippen molar-refractivity contribution in [3.05, 3.63) is 53.5 Å². The molecule has 0 aliphatic carbocycles. The number of nitrogens with two attached hydrogens (primary N) is 1. The van der Waals surface area contributed by atoms with Gasteiger partial charge in [0, 0.05) is 20.6 Å². The van der Waals surface area contributed by atoms with Gasteiger partial charge < -0.3 is 16.4 Å². The van der Waals surface area contributed by atoms with E-state index in [4.69, 9.17) is 5.73 Å². The second-order valence-electron chi connectivity index (χ2n) is 6.46. The largest absolute Gasteiger partial charge is 0.382 e. The lowest BCUT2D eigenvalue weighted by molar-refractivity contribution is 0.627. The number of hydrogen-bond donors (Lipinski definition) is 3. The fraction of sp³-hybridized carbons (Fsp3) is 0.316. The number of nitriles is 1. The fourth-order valence-corrected chi connectivity index (χ4v) is 2.88. The van der Waals surface area contributed by atoms with Crippen LogP contribution in [0.4, 0.5) is 10.2 Å². The smallest absolute Gasteiger partial charge is 0.191 e. The predicted molar refractivity (Wildman–Crippen MR) is 126 cm³/mol. The average Bonchev–Trinajstić information content (AvgIpc) is 3.30. The Morgan fingerprint density at radius 2 is 2.03 bits per heavy atom. The van der Waals surface area contributed by atoms with Gasteiger partial charge in [-0.05, 0) is 37.1 Å². The van der Waals surface area contributed by atoms with Gasteiger partial charge in [0.25, 0.3) is 0 Å². The van der Waals surface area contributed by atoms with Gasteiger partial charge in [0.1, 0.15) is 35.4 Å². The maximum atomic E-state index is 13.2. The number of benzene rings is 1. The normalized spacial score (nSPS) is 11.0. The number of rotatable bonds is 7. The van der Waals surface area contributed by atoms with E-state index in [0.29, 0.717) is 48.8 Å². The van der Waals surface area contributed by atoms with E-state index in [9.17, 15) is 9.65 Å². The maximum Gasteiger partial charge on any atom is 0.191 e. The molecule has 3 aromatic rings. The van der Waals surface area contributed by atoms with E-state index in [0.717, 1.165) is 5.82 Å². The summed E-state index contributed by atoms with van der Waals surface area (Å²) in [7, 11) is 3.51. The molecule has 4 N–H and O–H groups in total. The zero-order valence-corrected chi connectivity index (χ0v) is 19.5. The number of nitrogens with zero attached hydrogens (tertiary/aromatic N) is 7. The monoisotopic (exact) mass is 538 g/mol. The van der Waals surface area contributed by atoms with Gasteiger partial charge >= 0.3 is 0 Å². The number of nitrogen functional groups attached to an aromatic ring is 1. The Morgan fingerprint density at radius 1 is 1.29 bits per heavy atom. The topological polar surface area (TPSA) is 135 Å². The molecule has 0 bridgehead atoms. The summed E-state index contributed by atoms with van der Waals surface area (Å²) in [5.41, 5.74) is 7.62. The number of guanidine groups is 1. The number of nitrogens with one attached hydrogen (secondary N) is 2. The lowest BCUT2D eigenvalue weighted by Crippen LogP contribution is -2.38. The number of anilines is 1. The molecular formula is C19H24FIN10. The van der Waals surface area contributed by atoms with E-state index in [-0.39, 0.29) is 35.6 Å². The van der Waals surface area contributed by atoms with Crippen molar-refractivity contribution < 1.29 is 4.39 Å². The molecule has 0 spiro atoms. The molecule has 0 fully saturated rings. The van der Waals surface area contributed by atoms with E-state index < -0.39 is 0 Å². The van der Waals surface area contributed by atoms with Gasteiger partial charge in [-0.15, -0.1) is 24.0 Å². The minimum Gasteiger partial charge on any atom is -0.382 e. The van der Waals surface area contributed by atoms with Crippen molar-refractivity contribution in [2.75, 3.05) is 19.3 Å². The summed E-state index contributed by atoms with van der Waals surface area (Å²) >= 11 is 0. The second kappa shape index (κ2) is 11.3. The van der Waals surface area contributed by atoms with Crippen molar-refractivity contribution in [2.24, 2.45) is 12.0 Å². The van der Waals surface area contributed by atoms with Crippen LogP contribution >= 0.6 is 24.0 Å². The zero-order valence-electron chi connectivity index (χ0n) is 17.2. The van der Waals surface area contributed by atoms with Crippen molar-refractivity contribution >= 4 is 35.8 Å². The first-order chi connectivity index (χ1) is 14.5. The molecule has 0 saturated heterocycles. The summed E-state index contributed by atoms with van der Waals surface area (Å²) < 4.78 is 16.3. The molecule has 2 heterocycles. The highest BCUT2D eigenvalue weighted by Gasteiger charge is 2.16. The number of hydrogen-bond acceptors (Lipinski definition) is 6. The van der Waals surface area contributed by atoms with Gasteiger partial charge in [-0.3, -0.25) is 9.67 Å². The van der Waals surface area contributed by atoms with Crippen LogP contribution < -0.4 is 16.4 Å². The van der Waals surface area contributed by atoms with Crippen LogP contribution in [0.2, 0.25) is 0 Å². The fourth-order valence-electron chi connectivity index (χ4n) is 2.88. The van der Waals surface area contributed by atoms with Gasteiger partial charge in [-0.1, -0.05) is 0 Å². The molecule has 1 aromatic carbocycles. The van der Waals surface area contributed by atoms with E-state index >= 15 is 0 Å². The van der Waals surface area contributed by atoms with Crippen LogP contribution in [-0.4, -0.2) is 44.1 Å². The van der Waals surface area contributed by atoms with Crippen LogP contribution in [0.5, 0.6) is 0 Å². The molecular weight excluding hydrogens is 514 g/mol. The predicted octanol–water partition coefficient (Wildman–Crippen LogP) is 1.51. The van der Waals surface area contributed by atoms with Crippen molar-refractivity contribution in [3.63, 3.8) is 0 Å². The second-order valence-corrected chi connectivity index (χ2v) is 6.46. The lowest BCUT2D eigenvalue weighted by atomic mass is 10.1. The van der Waals surface area contributed by atoms with Crippen molar-refractivity contribution in [3.8, 4) is 11.8 Å². The van der Waals surface area contributed by atoms with E-state index in [1.807, 2.05) is 7.05 Å². The molecule has 10 nitrogen and oxygen atoms in total. The molecule has 0 atom stereocenters. The quantitative estimate of drug-likeness (QED) is 0.180. The summed E-state index contributed by atoms with van der Waals surface area (Å²) in [4.78, 5) is 8.33. The molecule has 3 rings (SSSR count). The lowest BCUT2D eigenvalue weighted by Gasteiger charge is -2.11. The van der Waals surface area contributed by atoms with Gasteiger partial charge in [0.15, 0.2) is 5.96 Å². The molecule has 0 amide bonds. The average molecular weight is 538 g/mol. The molecule has 0 aliphatic heterocycles. The first-order valence-corrected chi connectivity index (χ1v) is 9.34. The van der Waals surface area contributed by atoms with Gasteiger partial charge in [0.05, 0.1) is 17.9 Å². The number of aliphatic imine (C=N–C) groups is 1. The van der Waals surface area contributed by atoms with Crippen LogP contribution in [0.3, 0.4) is 0 Å². The summed E-state index contributed by atoms with van der Waals surface area (Å²) in [5, 5.41) is 24.3. The Morgan fingerprint density at radius 3 is 2.65 bits per heavy atom. The molecule has 2 aromatic heterocycles. The number of halogens is 2. The van der Waals surface area contributed by atoms with Crippen LogP contribution in [0.15, 0.2) is 35.6 Å². The van der Waals surface area contributed by atoms with Gasteiger partial charge in [0.2, 0.25) is 0 Å². The Kier molecular flexibility index (Phi) is 8.74. The van der Waals surface area contributed by atoms with Crippen LogP contribution in [0.25, 0.3) is 5.69 Å². The highest BCUT2D eigenvalue weighted by atomic mass is 127. The molecule has 0 radical (unpaired) electrons. The van der Waals surface area contributed by atoms with E-state index in [2.05, 4.69) is 36.9 Å². The minimum atomic E-state index is -0.350. The standard InChI is InChI=1S/C19H23FN10.HI/c1-23-19(25-11-17-26-12-27-29(17)2)24-9-3-4-16-15(10-21)18(22)30(28-16)14-7-5-13(20)6-8-14;/h5-8,12H,3-4,9,11,22H2,1-2H3,(H2,23,24,25);1H. The summed E-state index contributed by atoms with van der Waals surface area (Å²) in [5.74, 6) is 1.32. The van der Waals surface area contributed by atoms with Crippen molar-refractivity contribution in [2.45, 2.75) is 19.4 Å². The molecule has 0 aliphatic rings. The highest BCUT2D eigenvalue weighted by molar-refractivity contribution is 14.0. The van der Waals surface area contributed by atoms with Gasteiger partial charge in [-0.25, -0.2) is 14.1 Å². The third-order valence-corrected chi connectivity index (χ3v) is 4.50. The van der Waals surface area contributed by atoms with E-state index in [1.54, 1.807) is 23.9 Å². The van der Waals surface area contributed by atoms with Crippen LogP contribution in [0.1, 0.15) is 23.5 Å². The Bertz CT molecular complexity index is 1060. The molecule has 0 saturated carbocycles. The SMILES string of the molecule is CN=C(NCCCc1nn(-c2ccc(F)cc2)c(N)c1C#N)NCc1ncnn1C.I. The highest BCUT2D eigenvalue weighted by Crippen LogP contribution is 2.21. The zero-order chi connectivity index (χ0) is 21.5. The summed E-state index contributed by atoms with van der Waals surface area (Å²) in [6.07, 6.45) is 2.75. The number of aromatic nitrogens is 5. The molecule has 12 heteroatoms. The molecule has 164 valence electrons. The molecule has 0 unspecified atom stereocenters.